The highest BCUT2D eigenvalue weighted by atomic mass is 19.1. The van der Waals surface area contributed by atoms with Crippen molar-refractivity contribution in [2.24, 2.45) is 0 Å². The van der Waals surface area contributed by atoms with Gasteiger partial charge in [0.1, 0.15) is 6.17 Å². The van der Waals surface area contributed by atoms with Gasteiger partial charge in [-0.05, 0) is 5.56 Å². The predicted octanol–water partition coefficient (Wildman–Crippen LogP) is 2.06. The summed E-state index contributed by atoms with van der Waals surface area (Å²) >= 11 is 0. The number of halogens is 1. The van der Waals surface area contributed by atoms with E-state index in [1.807, 2.05) is 30.3 Å². The van der Waals surface area contributed by atoms with Gasteiger partial charge in [-0.25, -0.2) is 4.39 Å². The Bertz CT molecular complexity index is 292. The second-order valence-corrected chi connectivity index (χ2v) is 3.97. The van der Waals surface area contributed by atoms with E-state index in [4.69, 9.17) is 4.74 Å². The molecule has 15 heavy (non-hydrogen) atoms. The molecule has 0 bridgehead atoms. The van der Waals surface area contributed by atoms with E-state index in [0.29, 0.717) is 19.4 Å². The minimum absolute atomic E-state index is 0.143. The summed E-state index contributed by atoms with van der Waals surface area (Å²) in [6.45, 7) is 0.491. The standard InChI is InChI=1S/C12H15FO2/c13-11-6-10(7-12(11)14)15-8-9-4-2-1-3-5-9/h1-5,10-12,14H,6-8H2. The zero-order valence-electron chi connectivity index (χ0n) is 8.47. The van der Waals surface area contributed by atoms with E-state index in [0.717, 1.165) is 5.56 Å². The second-order valence-electron chi connectivity index (χ2n) is 3.97. The van der Waals surface area contributed by atoms with Crippen LogP contribution in [0.4, 0.5) is 4.39 Å². The molecule has 1 aliphatic rings. The Kier molecular flexibility index (Phi) is 3.34. The molecular formula is C12H15FO2. The highest BCUT2D eigenvalue weighted by molar-refractivity contribution is 5.13. The van der Waals surface area contributed by atoms with Crippen LogP contribution in [0.5, 0.6) is 0 Å². The van der Waals surface area contributed by atoms with E-state index in [9.17, 15) is 9.50 Å². The molecule has 2 rings (SSSR count). The number of ether oxygens (including phenoxy) is 1. The van der Waals surface area contributed by atoms with Crippen molar-refractivity contribution in [3.63, 3.8) is 0 Å². The Balaban J connectivity index is 1.80. The average Bonchev–Trinajstić information content (AvgIpc) is 2.57. The van der Waals surface area contributed by atoms with Crippen LogP contribution in [-0.4, -0.2) is 23.5 Å². The molecule has 0 amide bonds. The van der Waals surface area contributed by atoms with Gasteiger partial charge in [-0.2, -0.15) is 0 Å². The molecule has 0 aromatic heterocycles. The highest BCUT2D eigenvalue weighted by Crippen LogP contribution is 2.25. The van der Waals surface area contributed by atoms with Crippen molar-refractivity contribution in [3.05, 3.63) is 35.9 Å². The molecule has 2 nitrogen and oxygen atoms in total. The molecule has 0 saturated heterocycles. The van der Waals surface area contributed by atoms with Crippen LogP contribution in [0, 0.1) is 0 Å². The molecule has 1 fully saturated rings. The molecule has 1 aromatic carbocycles. The molecule has 0 heterocycles. The maximum absolute atomic E-state index is 13.0. The number of hydrogen-bond donors (Lipinski definition) is 1. The molecule has 1 N–H and O–H groups in total. The fraction of sp³-hybridized carbons (Fsp3) is 0.500. The van der Waals surface area contributed by atoms with Gasteiger partial charge in [0.15, 0.2) is 0 Å². The quantitative estimate of drug-likeness (QED) is 0.827. The van der Waals surface area contributed by atoms with Gasteiger partial charge < -0.3 is 9.84 Å². The van der Waals surface area contributed by atoms with Crippen molar-refractivity contribution in [1.82, 2.24) is 0 Å². The van der Waals surface area contributed by atoms with Crippen LogP contribution < -0.4 is 0 Å². The number of rotatable bonds is 3. The van der Waals surface area contributed by atoms with Gasteiger partial charge in [0.05, 0.1) is 18.8 Å². The van der Waals surface area contributed by atoms with Gasteiger partial charge >= 0.3 is 0 Å². The Morgan fingerprint density at radius 2 is 2.00 bits per heavy atom. The Hall–Kier alpha value is -0.930. The summed E-state index contributed by atoms with van der Waals surface area (Å²) in [7, 11) is 0. The summed E-state index contributed by atoms with van der Waals surface area (Å²) in [4.78, 5) is 0. The van der Waals surface area contributed by atoms with Crippen LogP contribution in [-0.2, 0) is 11.3 Å². The molecule has 0 radical (unpaired) electrons. The molecule has 3 heteroatoms. The molecule has 3 atom stereocenters. The van der Waals surface area contributed by atoms with Gasteiger partial charge in [-0.1, -0.05) is 30.3 Å². The first-order chi connectivity index (χ1) is 7.25. The van der Waals surface area contributed by atoms with Crippen LogP contribution in [0.3, 0.4) is 0 Å². The first-order valence-electron chi connectivity index (χ1n) is 5.23. The summed E-state index contributed by atoms with van der Waals surface area (Å²) < 4.78 is 18.5. The minimum Gasteiger partial charge on any atom is -0.390 e. The van der Waals surface area contributed by atoms with Crippen LogP contribution in [0.1, 0.15) is 18.4 Å². The zero-order valence-corrected chi connectivity index (χ0v) is 8.47. The fourth-order valence-electron chi connectivity index (χ4n) is 1.85. The van der Waals surface area contributed by atoms with Crippen molar-refractivity contribution in [3.8, 4) is 0 Å². The lowest BCUT2D eigenvalue weighted by atomic mass is 10.2. The van der Waals surface area contributed by atoms with Crippen molar-refractivity contribution < 1.29 is 14.2 Å². The maximum Gasteiger partial charge on any atom is 0.128 e. The second kappa shape index (κ2) is 4.73. The summed E-state index contributed by atoms with van der Waals surface area (Å²) in [6.07, 6.45) is -1.38. The first kappa shape index (κ1) is 10.6. The average molecular weight is 210 g/mol. The Labute approximate surface area is 88.7 Å². The zero-order chi connectivity index (χ0) is 10.7. The monoisotopic (exact) mass is 210 g/mol. The largest absolute Gasteiger partial charge is 0.390 e. The molecule has 1 aromatic rings. The highest BCUT2D eigenvalue weighted by Gasteiger charge is 2.33. The summed E-state index contributed by atoms with van der Waals surface area (Å²) in [5, 5.41) is 9.21. The summed E-state index contributed by atoms with van der Waals surface area (Å²) in [5.41, 5.74) is 1.08. The third kappa shape index (κ3) is 2.76. The number of aliphatic hydroxyl groups is 1. The molecule has 1 aliphatic carbocycles. The molecule has 82 valence electrons. The van der Waals surface area contributed by atoms with Gasteiger partial charge in [0.2, 0.25) is 0 Å². The third-order valence-electron chi connectivity index (χ3n) is 2.74. The fourth-order valence-corrected chi connectivity index (χ4v) is 1.85. The lowest BCUT2D eigenvalue weighted by Gasteiger charge is -2.10. The van der Waals surface area contributed by atoms with Crippen molar-refractivity contribution >= 4 is 0 Å². The topological polar surface area (TPSA) is 29.5 Å². The van der Waals surface area contributed by atoms with E-state index in [1.54, 1.807) is 0 Å². The number of aliphatic hydroxyl groups excluding tert-OH is 1. The van der Waals surface area contributed by atoms with Gasteiger partial charge in [-0.15, -0.1) is 0 Å². The number of hydrogen-bond acceptors (Lipinski definition) is 2. The lowest BCUT2D eigenvalue weighted by Crippen LogP contribution is -2.12. The number of alkyl halides is 1. The van der Waals surface area contributed by atoms with Crippen LogP contribution in [0.2, 0.25) is 0 Å². The summed E-state index contributed by atoms with van der Waals surface area (Å²) in [6, 6.07) is 9.78. The molecular weight excluding hydrogens is 195 g/mol. The smallest absolute Gasteiger partial charge is 0.128 e. The normalized spacial score (nSPS) is 30.7. The van der Waals surface area contributed by atoms with Crippen molar-refractivity contribution in [1.29, 1.82) is 0 Å². The minimum atomic E-state index is -1.12. The molecule has 3 unspecified atom stereocenters. The predicted molar refractivity (Wildman–Crippen MR) is 55.2 cm³/mol. The van der Waals surface area contributed by atoms with E-state index < -0.39 is 12.3 Å². The van der Waals surface area contributed by atoms with Crippen molar-refractivity contribution in [2.75, 3.05) is 0 Å². The van der Waals surface area contributed by atoms with E-state index in [1.165, 1.54) is 0 Å². The van der Waals surface area contributed by atoms with E-state index in [2.05, 4.69) is 0 Å². The van der Waals surface area contributed by atoms with Gasteiger partial charge in [0, 0.05) is 12.8 Å². The Morgan fingerprint density at radius 3 is 2.60 bits per heavy atom. The molecule has 0 spiro atoms. The van der Waals surface area contributed by atoms with Crippen LogP contribution in [0.15, 0.2) is 30.3 Å². The van der Waals surface area contributed by atoms with Crippen molar-refractivity contribution in [2.45, 2.75) is 37.8 Å². The van der Waals surface area contributed by atoms with Crippen LogP contribution >= 0.6 is 0 Å². The van der Waals surface area contributed by atoms with E-state index in [-0.39, 0.29) is 6.10 Å². The first-order valence-corrected chi connectivity index (χ1v) is 5.23. The SMILES string of the molecule is OC1CC(OCc2ccccc2)CC1F. The molecule has 1 saturated carbocycles. The van der Waals surface area contributed by atoms with Gasteiger partial charge in [0.25, 0.3) is 0 Å². The number of benzene rings is 1. The van der Waals surface area contributed by atoms with Crippen LogP contribution in [0.25, 0.3) is 0 Å². The third-order valence-corrected chi connectivity index (χ3v) is 2.74. The van der Waals surface area contributed by atoms with Gasteiger partial charge in [-0.3, -0.25) is 0 Å². The van der Waals surface area contributed by atoms with E-state index >= 15 is 0 Å². The summed E-state index contributed by atoms with van der Waals surface area (Å²) in [5.74, 6) is 0. The Morgan fingerprint density at radius 1 is 1.27 bits per heavy atom. The maximum atomic E-state index is 13.0. The lowest BCUT2D eigenvalue weighted by molar-refractivity contribution is 0.0357. The molecule has 0 aliphatic heterocycles.